The highest BCUT2D eigenvalue weighted by molar-refractivity contribution is 5.76. The second-order valence-corrected chi connectivity index (χ2v) is 4.63. The minimum Gasteiger partial charge on any atom is -0.508 e. The SMILES string of the molecule is COC(C(=O)O)C1(c2cc(C)ccc2O)CC1. The lowest BCUT2D eigenvalue weighted by atomic mass is 9.88. The van der Waals surface area contributed by atoms with Crippen molar-refractivity contribution in [1.29, 1.82) is 0 Å². The van der Waals surface area contributed by atoms with Gasteiger partial charge in [0.2, 0.25) is 0 Å². The maximum Gasteiger partial charge on any atom is 0.333 e. The molecule has 1 saturated carbocycles. The smallest absolute Gasteiger partial charge is 0.333 e. The van der Waals surface area contributed by atoms with E-state index in [-0.39, 0.29) is 5.75 Å². The van der Waals surface area contributed by atoms with Crippen LogP contribution in [0.5, 0.6) is 5.75 Å². The molecule has 0 saturated heterocycles. The van der Waals surface area contributed by atoms with E-state index in [9.17, 15) is 9.90 Å². The summed E-state index contributed by atoms with van der Waals surface area (Å²) in [5.74, 6) is -0.831. The van der Waals surface area contributed by atoms with Crippen molar-refractivity contribution in [3.63, 3.8) is 0 Å². The van der Waals surface area contributed by atoms with E-state index in [4.69, 9.17) is 9.84 Å². The molecule has 17 heavy (non-hydrogen) atoms. The molecule has 0 radical (unpaired) electrons. The second kappa shape index (κ2) is 4.04. The van der Waals surface area contributed by atoms with Gasteiger partial charge in [-0.1, -0.05) is 17.7 Å². The summed E-state index contributed by atoms with van der Waals surface area (Å²) >= 11 is 0. The number of rotatable bonds is 4. The molecule has 2 rings (SSSR count). The molecule has 0 amide bonds. The Morgan fingerprint density at radius 3 is 2.59 bits per heavy atom. The van der Waals surface area contributed by atoms with Crippen LogP contribution in [-0.4, -0.2) is 29.4 Å². The Hall–Kier alpha value is -1.55. The van der Waals surface area contributed by atoms with Gasteiger partial charge in [0, 0.05) is 18.1 Å². The highest BCUT2D eigenvalue weighted by Gasteiger charge is 2.55. The number of aryl methyl sites for hydroxylation is 1. The lowest BCUT2D eigenvalue weighted by Crippen LogP contribution is -2.35. The van der Waals surface area contributed by atoms with Crippen LogP contribution in [0.1, 0.15) is 24.0 Å². The summed E-state index contributed by atoms with van der Waals surface area (Å²) in [4.78, 5) is 11.2. The fraction of sp³-hybridized carbons (Fsp3) is 0.462. The summed E-state index contributed by atoms with van der Waals surface area (Å²) in [6.07, 6.45) is 0.569. The number of methoxy groups -OCH3 is 1. The Morgan fingerprint density at radius 2 is 2.12 bits per heavy atom. The molecule has 0 bridgehead atoms. The molecule has 4 nitrogen and oxygen atoms in total. The Labute approximate surface area is 99.8 Å². The van der Waals surface area contributed by atoms with Gasteiger partial charge in [0.25, 0.3) is 0 Å². The zero-order valence-electron chi connectivity index (χ0n) is 9.93. The molecule has 1 aromatic carbocycles. The average Bonchev–Trinajstić information content (AvgIpc) is 3.03. The fourth-order valence-corrected chi connectivity index (χ4v) is 2.42. The van der Waals surface area contributed by atoms with E-state index in [0.29, 0.717) is 5.56 Å². The van der Waals surface area contributed by atoms with Gasteiger partial charge in [-0.2, -0.15) is 0 Å². The van der Waals surface area contributed by atoms with E-state index < -0.39 is 17.5 Å². The van der Waals surface area contributed by atoms with Crippen molar-refractivity contribution in [1.82, 2.24) is 0 Å². The summed E-state index contributed by atoms with van der Waals surface area (Å²) in [5, 5.41) is 19.1. The largest absolute Gasteiger partial charge is 0.508 e. The van der Waals surface area contributed by atoms with Crippen LogP contribution in [0.3, 0.4) is 0 Å². The Morgan fingerprint density at radius 1 is 1.47 bits per heavy atom. The number of aromatic hydroxyl groups is 1. The van der Waals surface area contributed by atoms with E-state index in [1.165, 1.54) is 7.11 Å². The van der Waals surface area contributed by atoms with Gasteiger partial charge in [0.1, 0.15) is 5.75 Å². The maximum atomic E-state index is 11.2. The predicted molar refractivity (Wildman–Crippen MR) is 62.2 cm³/mol. The first-order chi connectivity index (χ1) is 8.01. The molecule has 4 heteroatoms. The molecule has 0 aliphatic heterocycles. The molecular weight excluding hydrogens is 220 g/mol. The summed E-state index contributed by atoms with van der Waals surface area (Å²) in [5.41, 5.74) is 1.13. The number of aliphatic carboxylic acids is 1. The van der Waals surface area contributed by atoms with Gasteiger partial charge < -0.3 is 14.9 Å². The third-order valence-corrected chi connectivity index (χ3v) is 3.44. The molecular formula is C13H16O4. The normalized spacial score (nSPS) is 18.7. The number of phenolic OH excluding ortho intramolecular Hbond substituents is 1. The van der Waals surface area contributed by atoms with Crippen LogP contribution in [-0.2, 0) is 14.9 Å². The van der Waals surface area contributed by atoms with Crippen molar-refractivity contribution in [3.8, 4) is 5.75 Å². The predicted octanol–water partition coefficient (Wildman–Crippen LogP) is 1.83. The standard InChI is InChI=1S/C13H16O4/c1-8-3-4-10(14)9(7-8)13(5-6-13)11(17-2)12(15)16/h3-4,7,11,14H,5-6H2,1-2H3,(H,15,16). The highest BCUT2D eigenvalue weighted by atomic mass is 16.5. The van der Waals surface area contributed by atoms with Crippen LogP contribution in [0.4, 0.5) is 0 Å². The summed E-state index contributed by atoms with van der Waals surface area (Å²) in [6, 6.07) is 5.26. The van der Waals surface area contributed by atoms with Crippen molar-refractivity contribution in [2.45, 2.75) is 31.3 Å². The van der Waals surface area contributed by atoms with Crippen LogP contribution in [0.25, 0.3) is 0 Å². The van der Waals surface area contributed by atoms with Crippen molar-refractivity contribution in [2.75, 3.05) is 7.11 Å². The molecule has 92 valence electrons. The van der Waals surface area contributed by atoms with Crippen LogP contribution in [0.15, 0.2) is 18.2 Å². The number of carboxylic acids is 1. The summed E-state index contributed by atoms with van der Waals surface area (Å²) in [6.45, 7) is 1.92. The topological polar surface area (TPSA) is 66.8 Å². The lowest BCUT2D eigenvalue weighted by Gasteiger charge is -2.23. The van der Waals surface area contributed by atoms with E-state index in [0.717, 1.165) is 18.4 Å². The van der Waals surface area contributed by atoms with Crippen LogP contribution in [0, 0.1) is 6.92 Å². The first-order valence-electron chi connectivity index (χ1n) is 5.57. The third kappa shape index (κ3) is 1.89. The third-order valence-electron chi connectivity index (χ3n) is 3.44. The molecule has 1 atom stereocenters. The lowest BCUT2D eigenvalue weighted by molar-refractivity contribution is -0.150. The van der Waals surface area contributed by atoms with Gasteiger partial charge in [-0.05, 0) is 25.8 Å². The number of hydrogen-bond acceptors (Lipinski definition) is 3. The Balaban J connectivity index is 2.44. The Kier molecular flexibility index (Phi) is 2.83. The van der Waals surface area contributed by atoms with Gasteiger partial charge in [-0.15, -0.1) is 0 Å². The monoisotopic (exact) mass is 236 g/mol. The van der Waals surface area contributed by atoms with Gasteiger partial charge in [-0.25, -0.2) is 4.79 Å². The average molecular weight is 236 g/mol. The summed E-state index contributed by atoms with van der Waals surface area (Å²) in [7, 11) is 1.39. The maximum absolute atomic E-state index is 11.2. The minimum atomic E-state index is -0.981. The fourth-order valence-electron chi connectivity index (χ4n) is 2.42. The molecule has 1 unspecified atom stereocenters. The van der Waals surface area contributed by atoms with Gasteiger partial charge in [0.05, 0.1) is 0 Å². The molecule has 1 fully saturated rings. The zero-order valence-corrected chi connectivity index (χ0v) is 9.93. The Bertz CT molecular complexity index is 449. The molecule has 0 heterocycles. The van der Waals surface area contributed by atoms with E-state index in [1.54, 1.807) is 12.1 Å². The number of hydrogen-bond donors (Lipinski definition) is 2. The molecule has 0 spiro atoms. The molecule has 1 aliphatic rings. The summed E-state index contributed by atoms with van der Waals surface area (Å²) < 4.78 is 5.08. The van der Waals surface area contributed by atoms with Gasteiger partial charge in [0.15, 0.2) is 6.10 Å². The first kappa shape index (κ1) is 11.9. The van der Waals surface area contributed by atoms with Crippen molar-refractivity contribution in [3.05, 3.63) is 29.3 Å². The number of ether oxygens (including phenoxy) is 1. The highest BCUT2D eigenvalue weighted by Crippen LogP contribution is 2.54. The number of carbonyl (C=O) groups is 1. The molecule has 1 aliphatic carbocycles. The number of phenols is 1. The minimum absolute atomic E-state index is 0.149. The number of carboxylic acid groups (broad SMARTS) is 1. The van der Waals surface area contributed by atoms with Crippen molar-refractivity contribution < 1.29 is 19.7 Å². The van der Waals surface area contributed by atoms with E-state index in [2.05, 4.69) is 0 Å². The van der Waals surface area contributed by atoms with Gasteiger partial charge in [-0.3, -0.25) is 0 Å². The van der Waals surface area contributed by atoms with E-state index in [1.807, 2.05) is 13.0 Å². The molecule has 2 N–H and O–H groups in total. The molecule has 0 aromatic heterocycles. The number of benzene rings is 1. The zero-order chi connectivity index (χ0) is 12.6. The van der Waals surface area contributed by atoms with Crippen molar-refractivity contribution >= 4 is 5.97 Å². The first-order valence-corrected chi connectivity index (χ1v) is 5.57. The van der Waals surface area contributed by atoms with Crippen LogP contribution >= 0.6 is 0 Å². The second-order valence-electron chi connectivity index (χ2n) is 4.63. The van der Waals surface area contributed by atoms with Crippen LogP contribution < -0.4 is 0 Å². The quantitative estimate of drug-likeness (QED) is 0.837. The van der Waals surface area contributed by atoms with Gasteiger partial charge >= 0.3 is 5.97 Å². The van der Waals surface area contributed by atoms with Crippen LogP contribution in [0.2, 0.25) is 0 Å². The van der Waals surface area contributed by atoms with Crippen molar-refractivity contribution in [2.24, 2.45) is 0 Å². The van der Waals surface area contributed by atoms with E-state index >= 15 is 0 Å². The molecule has 1 aromatic rings.